The number of hydrogen-bond donors (Lipinski definition) is 0. The smallest absolute Gasteiger partial charge is 0.259 e. The molecule has 142 valence electrons. The van der Waals surface area contributed by atoms with Crippen molar-refractivity contribution in [2.24, 2.45) is 0 Å². The van der Waals surface area contributed by atoms with E-state index in [1.807, 2.05) is 32.0 Å². The van der Waals surface area contributed by atoms with Gasteiger partial charge in [-0.25, -0.2) is 4.98 Å². The van der Waals surface area contributed by atoms with Gasteiger partial charge in [0.2, 0.25) is 0 Å². The van der Waals surface area contributed by atoms with Crippen molar-refractivity contribution in [1.82, 2.24) is 15.0 Å². The molecule has 0 aliphatic heterocycles. The summed E-state index contributed by atoms with van der Waals surface area (Å²) in [6, 6.07) is 11.4. The molecule has 28 heavy (non-hydrogen) atoms. The molecule has 0 radical (unpaired) electrons. The first-order chi connectivity index (χ1) is 13.5. The Hall–Kier alpha value is -3.20. The Morgan fingerprint density at radius 3 is 2.82 bits per heavy atom. The number of nitriles is 1. The van der Waals surface area contributed by atoms with Crippen molar-refractivity contribution in [2.45, 2.75) is 45.1 Å². The van der Waals surface area contributed by atoms with Crippen molar-refractivity contribution < 1.29 is 9.32 Å². The van der Waals surface area contributed by atoms with Gasteiger partial charge in [-0.2, -0.15) is 5.26 Å². The summed E-state index contributed by atoms with van der Waals surface area (Å²) in [4.78, 5) is 19.6. The minimum absolute atomic E-state index is 0.0956. The van der Waals surface area contributed by atoms with E-state index in [9.17, 15) is 4.79 Å². The lowest BCUT2D eigenvalue weighted by molar-refractivity contribution is 0.0786. The predicted molar refractivity (Wildman–Crippen MR) is 105 cm³/mol. The van der Waals surface area contributed by atoms with Gasteiger partial charge >= 0.3 is 0 Å². The highest BCUT2D eigenvalue weighted by Gasteiger charge is 2.30. The van der Waals surface area contributed by atoms with Gasteiger partial charge in [0.1, 0.15) is 0 Å². The van der Waals surface area contributed by atoms with Crippen molar-refractivity contribution in [2.75, 3.05) is 7.05 Å². The monoisotopic (exact) mass is 374 g/mol. The Kier molecular flexibility index (Phi) is 4.60. The van der Waals surface area contributed by atoms with E-state index in [-0.39, 0.29) is 11.8 Å². The molecule has 6 nitrogen and oxygen atoms in total. The SMILES string of the molecule is CC(C)c1noc2nc(C3CC3)cc(C(=O)N(C)Cc3cccc(C#N)c3)c12. The van der Waals surface area contributed by atoms with E-state index in [1.54, 1.807) is 24.1 Å². The predicted octanol–water partition coefficient (Wildman–Crippen LogP) is 4.37. The lowest BCUT2D eigenvalue weighted by Crippen LogP contribution is -2.26. The number of carbonyl (C=O) groups excluding carboxylic acids is 1. The van der Waals surface area contributed by atoms with Crippen LogP contribution in [0.1, 0.15) is 71.4 Å². The normalized spacial score (nSPS) is 13.7. The van der Waals surface area contributed by atoms with Crippen LogP contribution in [-0.4, -0.2) is 28.0 Å². The Labute approximate surface area is 163 Å². The molecule has 6 heteroatoms. The zero-order valence-corrected chi connectivity index (χ0v) is 16.3. The molecule has 2 heterocycles. The maximum atomic E-state index is 13.3. The first-order valence-electron chi connectivity index (χ1n) is 9.52. The molecule has 1 aliphatic carbocycles. The van der Waals surface area contributed by atoms with E-state index in [1.165, 1.54) is 0 Å². The van der Waals surface area contributed by atoms with Crippen LogP contribution >= 0.6 is 0 Å². The number of carbonyl (C=O) groups is 1. The van der Waals surface area contributed by atoms with Crippen LogP contribution in [0.25, 0.3) is 11.1 Å². The summed E-state index contributed by atoms with van der Waals surface area (Å²) in [6.07, 6.45) is 2.18. The molecule has 1 amide bonds. The van der Waals surface area contributed by atoms with Crippen LogP contribution in [0.2, 0.25) is 0 Å². The second kappa shape index (κ2) is 7.08. The van der Waals surface area contributed by atoms with Crippen molar-refractivity contribution in [3.8, 4) is 6.07 Å². The van der Waals surface area contributed by atoms with Gasteiger partial charge in [0.15, 0.2) is 0 Å². The molecular weight excluding hydrogens is 352 g/mol. The van der Waals surface area contributed by atoms with Gasteiger partial charge < -0.3 is 9.42 Å². The summed E-state index contributed by atoms with van der Waals surface area (Å²) >= 11 is 0. The van der Waals surface area contributed by atoms with E-state index < -0.39 is 0 Å². The van der Waals surface area contributed by atoms with Crippen LogP contribution in [0.15, 0.2) is 34.9 Å². The van der Waals surface area contributed by atoms with E-state index in [4.69, 9.17) is 9.78 Å². The summed E-state index contributed by atoms with van der Waals surface area (Å²) in [5.41, 5.74) is 4.20. The molecule has 0 atom stereocenters. The average molecular weight is 374 g/mol. The van der Waals surface area contributed by atoms with Crippen molar-refractivity contribution in [1.29, 1.82) is 5.26 Å². The van der Waals surface area contributed by atoms with Crippen LogP contribution in [0.4, 0.5) is 0 Å². The molecule has 2 aromatic heterocycles. The van der Waals surface area contributed by atoms with Crippen LogP contribution < -0.4 is 0 Å². The second-order valence-electron chi connectivity index (χ2n) is 7.75. The van der Waals surface area contributed by atoms with Gasteiger partial charge in [0.25, 0.3) is 11.6 Å². The molecule has 0 spiro atoms. The van der Waals surface area contributed by atoms with Crippen molar-refractivity contribution >= 4 is 17.0 Å². The van der Waals surface area contributed by atoms with Gasteiger partial charge in [-0.15, -0.1) is 0 Å². The van der Waals surface area contributed by atoms with E-state index >= 15 is 0 Å². The number of nitrogens with zero attached hydrogens (tertiary/aromatic N) is 4. The third kappa shape index (κ3) is 3.36. The number of pyridine rings is 1. The highest BCUT2D eigenvalue weighted by atomic mass is 16.5. The van der Waals surface area contributed by atoms with Gasteiger partial charge in [-0.3, -0.25) is 4.79 Å². The molecule has 0 N–H and O–H groups in total. The summed E-state index contributed by atoms with van der Waals surface area (Å²) in [5.74, 6) is 0.432. The molecule has 0 unspecified atom stereocenters. The number of hydrogen-bond acceptors (Lipinski definition) is 5. The maximum absolute atomic E-state index is 13.3. The molecule has 4 rings (SSSR count). The Morgan fingerprint density at radius 2 is 2.14 bits per heavy atom. The Balaban J connectivity index is 1.72. The van der Waals surface area contributed by atoms with Gasteiger partial charge in [0, 0.05) is 25.2 Å². The molecule has 1 aliphatic rings. The minimum Gasteiger partial charge on any atom is -0.337 e. The quantitative estimate of drug-likeness (QED) is 0.662. The standard InChI is InChI=1S/C22H22N4O2/c1-13(2)20-19-17(10-18(16-7-8-16)24-21(19)28-25-20)22(27)26(3)12-15-6-4-5-14(9-15)11-23/h4-6,9-10,13,16H,7-8,12H2,1-3H3. The topological polar surface area (TPSA) is 83.0 Å². The molecule has 0 saturated heterocycles. The van der Waals surface area contributed by atoms with Gasteiger partial charge in [-0.05, 0) is 42.5 Å². The maximum Gasteiger partial charge on any atom is 0.259 e. The van der Waals surface area contributed by atoms with Crippen LogP contribution in [0.5, 0.6) is 0 Å². The fourth-order valence-electron chi connectivity index (χ4n) is 3.43. The zero-order chi connectivity index (χ0) is 19.8. The third-order valence-corrected chi connectivity index (χ3v) is 5.09. The number of amides is 1. The van der Waals surface area contributed by atoms with E-state index in [2.05, 4.69) is 16.2 Å². The highest BCUT2D eigenvalue weighted by Crippen LogP contribution is 2.41. The van der Waals surface area contributed by atoms with Crippen molar-refractivity contribution in [3.05, 3.63) is 58.4 Å². The number of fused-ring (bicyclic) bond motifs is 1. The minimum atomic E-state index is -0.0956. The van der Waals surface area contributed by atoms with Crippen molar-refractivity contribution in [3.63, 3.8) is 0 Å². The summed E-state index contributed by atoms with van der Waals surface area (Å²) in [5, 5.41) is 14.0. The Bertz CT molecular complexity index is 1090. The Morgan fingerprint density at radius 1 is 1.36 bits per heavy atom. The number of rotatable bonds is 5. The summed E-state index contributed by atoms with van der Waals surface area (Å²) in [6.45, 7) is 4.47. The molecule has 1 fully saturated rings. The zero-order valence-electron chi connectivity index (χ0n) is 16.3. The summed E-state index contributed by atoms with van der Waals surface area (Å²) < 4.78 is 5.48. The molecule has 3 aromatic rings. The van der Waals surface area contributed by atoms with E-state index in [0.717, 1.165) is 29.8 Å². The fraction of sp³-hybridized carbons (Fsp3) is 0.364. The highest BCUT2D eigenvalue weighted by molar-refractivity contribution is 6.06. The van der Waals surface area contributed by atoms with Crippen LogP contribution in [-0.2, 0) is 6.54 Å². The molecular formula is C22H22N4O2. The first kappa shape index (κ1) is 18.2. The van der Waals surface area contributed by atoms with E-state index in [0.29, 0.717) is 34.7 Å². The summed E-state index contributed by atoms with van der Waals surface area (Å²) in [7, 11) is 1.77. The molecule has 1 aromatic carbocycles. The van der Waals surface area contributed by atoms with Crippen LogP contribution in [0, 0.1) is 11.3 Å². The first-order valence-corrected chi connectivity index (χ1v) is 9.52. The van der Waals surface area contributed by atoms with Crippen LogP contribution in [0.3, 0.4) is 0 Å². The largest absolute Gasteiger partial charge is 0.337 e. The molecule has 1 saturated carbocycles. The lowest BCUT2D eigenvalue weighted by Gasteiger charge is -2.18. The number of benzene rings is 1. The number of aromatic nitrogens is 2. The van der Waals surface area contributed by atoms with Gasteiger partial charge in [-0.1, -0.05) is 31.1 Å². The third-order valence-electron chi connectivity index (χ3n) is 5.09. The fourth-order valence-corrected chi connectivity index (χ4v) is 3.43. The second-order valence-corrected chi connectivity index (χ2v) is 7.75. The molecule has 0 bridgehead atoms. The lowest BCUT2D eigenvalue weighted by atomic mass is 10.0. The van der Waals surface area contributed by atoms with Gasteiger partial charge in [0.05, 0.1) is 28.3 Å². The average Bonchev–Trinajstić information content (AvgIpc) is 3.45.